The molecule has 0 aliphatic carbocycles. The number of hydrogen-bond donors (Lipinski definition) is 2. The number of phosphoric acid groups is 1. The molecule has 0 spiro atoms. The maximum Gasteiger partial charge on any atom is 0.525 e. The Balaban J connectivity index is 2.23. The number of carbonyl (C=O) groups excluding carboxylic acids is 1. The molecule has 118 valence electrons. The Bertz CT molecular complexity index is 760. The fourth-order valence-electron chi connectivity index (χ4n) is 2.43. The Morgan fingerprint density at radius 1 is 0.957 bits per heavy atom. The lowest BCUT2D eigenvalue weighted by Crippen LogP contribution is -2.37. The summed E-state index contributed by atoms with van der Waals surface area (Å²) in [6.07, 6.45) is -0.985. The second-order valence-electron chi connectivity index (χ2n) is 4.78. The number of aliphatic imine (C=N–C) groups is 1. The topological polar surface area (TPSA) is 105 Å². The normalized spacial score (nSPS) is 16.6. The van der Waals surface area contributed by atoms with E-state index in [1.165, 1.54) is 0 Å². The van der Waals surface area contributed by atoms with Gasteiger partial charge in [0.1, 0.15) is 0 Å². The van der Waals surface area contributed by atoms with Gasteiger partial charge in [-0.25, -0.2) is 9.36 Å². The van der Waals surface area contributed by atoms with E-state index < -0.39 is 25.4 Å². The first-order valence-electron chi connectivity index (χ1n) is 6.60. The third-order valence-electron chi connectivity index (χ3n) is 3.30. The fourth-order valence-corrected chi connectivity index (χ4v) is 2.83. The summed E-state index contributed by atoms with van der Waals surface area (Å²) >= 11 is 0. The van der Waals surface area contributed by atoms with E-state index in [0.717, 1.165) is 0 Å². The summed E-state index contributed by atoms with van der Waals surface area (Å²) in [5, 5.41) is 0. The van der Waals surface area contributed by atoms with Crippen LogP contribution in [0.2, 0.25) is 0 Å². The number of cyclic esters (lactones) is 1. The first-order valence-corrected chi connectivity index (χ1v) is 8.13. The molecule has 0 aromatic heterocycles. The zero-order valence-electron chi connectivity index (χ0n) is 11.7. The average molecular weight is 333 g/mol. The summed E-state index contributed by atoms with van der Waals surface area (Å²) in [7, 11) is -4.93. The van der Waals surface area contributed by atoms with Gasteiger partial charge in [-0.05, 0) is 0 Å². The molecule has 8 heteroatoms. The minimum atomic E-state index is -4.93. The minimum Gasteiger partial charge on any atom is -0.421 e. The van der Waals surface area contributed by atoms with Crippen LogP contribution in [0.3, 0.4) is 0 Å². The third kappa shape index (κ3) is 2.90. The first-order chi connectivity index (χ1) is 10.9. The molecule has 2 aromatic carbocycles. The van der Waals surface area contributed by atoms with Crippen molar-refractivity contribution in [1.82, 2.24) is 0 Å². The van der Waals surface area contributed by atoms with Crippen molar-refractivity contribution in [2.45, 2.75) is 5.60 Å². The van der Waals surface area contributed by atoms with Crippen LogP contribution >= 0.6 is 7.82 Å². The van der Waals surface area contributed by atoms with Crippen LogP contribution in [0, 0.1) is 0 Å². The molecule has 2 N–H and O–H groups in total. The van der Waals surface area contributed by atoms with E-state index in [4.69, 9.17) is 14.5 Å². The molecule has 7 nitrogen and oxygen atoms in total. The highest BCUT2D eigenvalue weighted by Gasteiger charge is 2.52. The molecule has 0 unspecified atom stereocenters. The second kappa shape index (κ2) is 5.62. The van der Waals surface area contributed by atoms with Crippen LogP contribution < -0.4 is 0 Å². The van der Waals surface area contributed by atoms with Crippen LogP contribution in [0.4, 0.5) is 4.79 Å². The predicted molar refractivity (Wildman–Crippen MR) is 80.7 cm³/mol. The van der Waals surface area contributed by atoms with Gasteiger partial charge in [0.2, 0.25) is 5.60 Å². The summed E-state index contributed by atoms with van der Waals surface area (Å²) in [6, 6.07) is 17.0. The Kier molecular flexibility index (Phi) is 3.77. The van der Waals surface area contributed by atoms with Crippen molar-refractivity contribution in [2.24, 2.45) is 4.99 Å². The molecule has 0 atom stereocenters. The Labute approximate surface area is 131 Å². The van der Waals surface area contributed by atoms with Crippen molar-refractivity contribution in [2.75, 3.05) is 0 Å². The van der Waals surface area contributed by atoms with E-state index in [1.54, 1.807) is 60.7 Å². The molecular formula is C15H12NO6P. The molecular weight excluding hydrogens is 321 g/mol. The number of ether oxygens (including phenoxy) is 1. The molecule has 23 heavy (non-hydrogen) atoms. The van der Waals surface area contributed by atoms with Crippen LogP contribution in [-0.4, -0.2) is 21.8 Å². The molecule has 0 saturated carbocycles. The molecule has 2 aromatic rings. The lowest BCUT2D eigenvalue weighted by Gasteiger charge is -2.29. The number of carbonyl (C=O) groups is 1. The molecule has 1 aliphatic heterocycles. The van der Waals surface area contributed by atoms with E-state index in [2.05, 4.69) is 9.52 Å². The maximum atomic E-state index is 11.8. The number of nitrogens with zero attached hydrogens (tertiary/aromatic N) is 1. The number of hydrogen-bond acceptors (Lipinski definition) is 4. The summed E-state index contributed by atoms with van der Waals surface area (Å²) in [4.78, 5) is 33.5. The van der Waals surface area contributed by atoms with Crippen molar-refractivity contribution < 1.29 is 28.4 Å². The summed E-state index contributed by atoms with van der Waals surface area (Å²) in [6.45, 7) is 0. The lowest BCUT2D eigenvalue weighted by atomic mass is 9.86. The molecule has 1 heterocycles. The number of benzene rings is 2. The van der Waals surface area contributed by atoms with Crippen molar-refractivity contribution in [3.8, 4) is 0 Å². The summed E-state index contributed by atoms with van der Waals surface area (Å²) in [5.41, 5.74) is -0.714. The van der Waals surface area contributed by atoms with E-state index in [1.807, 2.05) is 0 Å². The van der Waals surface area contributed by atoms with Crippen LogP contribution in [-0.2, 0) is 19.4 Å². The van der Waals surface area contributed by atoms with E-state index in [0.29, 0.717) is 11.1 Å². The number of amides is 1. The standard InChI is InChI=1S/C15H12NO6P/c17-14-16-13(22-23(18,19)20)15(21-14,11-7-3-1-4-8-11)12-9-5-2-6-10-12/h1-10H,(H2,18,19,20). The van der Waals surface area contributed by atoms with Crippen LogP contribution in [0.5, 0.6) is 0 Å². The van der Waals surface area contributed by atoms with Crippen LogP contribution in [0.25, 0.3) is 0 Å². The summed E-state index contributed by atoms with van der Waals surface area (Å²) < 4.78 is 21.3. The number of phosphoric ester groups is 1. The first kappa shape index (κ1) is 15.4. The Morgan fingerprint density at radius 2 is 1.43 bits per heavy atom. The molecule has 0 saturated heterocycles. The molecule has 3 rings (SSSR count). The van der Waals surface area contributed by atoms with Crippen molar-refractivity contribution in [3.63, 3.8) is 0 Å². The van der Waals surface area contributed by atoms with Gasteiger partial charge < -0.3 is 9.26 Å². The predicted octanol–water partition coefficient (Wildman–Crippen LogP) is 2.59. The van der Waals surface area contributed by atoms with Gasteiger partial charge >= 0.3 is 13.9 Å². The van der Waals surface area contributed by atoms with Gasteiger partial charge in [0.15, 0.2) is 0 Å². The minimum absolute atomic E-state index is 0.462. The van der Waals surface area contributed by atoms with E-state index in [9.17, 15) is 9.36 Å². The molecule has 1 aliphatic rings. The summed E-state index contributed by atoms with van der Waals surface area (Å²) in [5.74, 6) is -0.492. The fraction of sp³-hybridized carbons (Fsp3) is 0.0667. The highest BCUT2D eigenvalue weighted by Crippen LogP contribution is 2.46. The second-order valence-corrected chi connectivity index (χ2v) is 5.94. The van der Waals surface area contributed by atoms with E-state index in [-0.39, 0.29) is 0 Å². The highest BCUT2D eigenvalue weighted by molar-refractivity contribution is 7.46. The average Bonchev–Trinajstić information content (AvgIpc) is 2.84. The Hall–Kier alpha value is -2.47. The SMILES string of the molecule is O=C1N=C(OP(=O)(O)O)C(c2ccccc2)(c2ccccc2)O1. The Morgan fingerprint density at radius 3 is 1.87 bits per heavy atom. The van der Waals surface area contributed by atoms with Crippen molar-refractivity contribution in [1.29, 1.82) is 0 Å². The van der Waals surface area contributed by atoms with Gasteiger partial charge in [0.25, 0.3) is 5.90 Å². The van der Waals surface area contributed by atoms with Gasteiger partial charge in [-0.1, -0.05) is 60.7 Å². The largest absolute Gasteiger partial charge is 0.525 e. The monoisotopic (exact) mass is 333 g/mol. The lowest BCUT2D eigenvalue weighted by molar-refractivity contribution is 0.0970. The number of rotatable bonds is 3. The molecule has 1 amide bonds. The van der Waals surface area contributed by atoms with Crippen LogP contribution in [0.15, 0.2) is 65.7 Å². The highest BCUT2D eigenvalue weighted by atomic mass is 31.2. The van der Waals surface area contributed by atoms with E-state index >= 15 is 0 Å². The molecule has 0 radical (unpaired) electrons. The zero-order chi connectivity index (χ0) is 16.5. The van der Waals surface area contributed by atoms with Gasteiger partial charge in [-0.15, -0.1) is 4.99 Å². The van der Waals surface area contributed by atoms with Crippen molar-refractivity contribution in [3.05, 3.63) is 71.8 Å². The van der Waals surface area contributed by atoms with Gasteiger partial charge in [-0.2, -0.15) is 0 Å². The third-order valence-corrected chi connectivity index (χ3v) is 3.71. The zero-order valence-corrected chi connectivity index (χ0v) is 12.6. The van der Waals surface area contributed by atoms with Crippen molar-refractivity contribution >= 4 is 19.8 Å². The van der Waals surface area contributed by atoms with Gasteiger partial charge in [0, 0.05) is 11.1 Å². The molecule has 0 fully saturated rings. The maximum absolute atomic E-state index is 11.8. The quantitative estimate of drug-likeness (QED) is 0.837. The van der Waals surface area contributed by atoms with Crippen LogP contribution in [0.1, 0.15) is 11.1 Å². The van der Waals surface area contributed by atoms with Gasteiger partial charge in [0.05, 0.1) is 0 Å². The smallest absolute Gasteiger partial charge is 0.421 e. The van der Waals surface area contributed by atoms with Gasteiger partial charge in [-0.3, -0.25) is 9.79 Å². The molecule has 0 bridgehead atoms.